The number of benzene rings is 1. The predicted octanol–water partition coefficient (Wildman–Crippen LogP) is 2.99. The van der Waals surface area contributed by atoms with Gasteiger partial charge in [-0.05, 0) is 42.8 Å². The van der Waals surface area contributed by atoms with Crippen LogP contribution in [0.1, 0.15) is 12.0 Å². The van der Waals surface area contributed by atoms with Gasteiger partial charge in [0.2, 0.25) is 5.91 Å². The third kappa shape index (κ3) is 4.31. The van der Waals surface area contributed by atoms with Gasteiger partial charge in [-0.15, -0.1) is 5.10 Å². The molecule has 1 heterocycles. The van der Waals surface area contributed by atoms with E-state index in [1.54, 1.807) is 12.3 Å². The molecule has 5 nitrogen and oxygen atoms in total. The van der Waals surface area contributed by atoms with Gasteiger partial charge in [-0.3, -0.25) is 4.79 Å². The Kier molecular flexibility index (Phi) is 5.06. The normalized spacial score (nSPS) is 10.1. The number of amides is 1. The number of carbonyl (C=O) groups is 1. The van der Waals surface area contributed by atoms with E-state index in [4.69, 9.17) is 0 Å². The maximum absolute atomic E-state index is 11.8. The third-order valence-electron chi connectivity index (χ3n) is 2.69. The maximum atomic E-state index is 11.8. The van der Waals surface area contributed by atoms with Crippen molar-refractivity contribution in [2.75, 3.05) is 17.2 Å². The lowest BCUT2D eigenvalue weighted by molar-refractivity contribution is -0.115. The molecule has 0 saturated carbocycles. The van der Waals surface area contributed by atoms with Gasteiger partial charge >= 0.3 is 0 Å². The van der Waals surface area contributed by atoms with E-state index in [9.17, 15) is 4.79 Å². The minimum atomic E-state index is -0.0354. The Hall–Kier alpha value is -1.95. The fourth-order valence-corrected chi connectivity index (χ4v) is 2.16. The molecule has 0 aliphatic carbocycles. The molecule has 1 aromatic carbocycles. The number of carbonyl (C=O) groups excluding carboxylic acids is 1. The quantitative estimate of drug-likeness (QED) is 0.882. The van der Waals surface area contributed by atoms with Crippen LogP contribution in [0.25, 0.3) is 0 Å². The van der Waals surface area contributed by atoms with Crippen LogP contribution >= 0.6 is 15.9 Å². The van der Waals surface area contributed by atoms with Gasteiger partial charge in [-0.2, -0.15) is 5.10 Å². The molecular weight excluding hydrogens is 320 g/mol. The first kappa shape index (κ1) is 14.5. The molecule has 104 valence electrons. The zero-order valence-electron chi connectivity index (χ0n) is 11.1. The van der Waals surface area contributed by atoms with Crippen molar-refractivity contribution in [2.24, 2.45) is 0 Å². The molecule has 6 heteroatoms. The van der Waals surface area contributed by atoms with Crippen molar-refractivity contribution in [3.63, 3.8) is 0 Å². The highest BCUT2D eigenvalue weighted by molar-refractivity contribution is 9.10. The van der Waals surface area contributed by atoms with Crippen LogP contribution in [-0.4, -0.2) is 22.6 Å². The summed E-state index contributed by atoms with van der Waals surface area (Å²) in [5, 5.41) is 13.6. The Bertz CT molecular complexity index is 589. The molecule has 0 aliphatic rings. The second-order valence-electron chi connectivity index (χ2n) is 4.29. The molecule has 0 spiro atoms. The van der Waals surface area contributed by atoms with Gasteiger partial charge in [0.05, 0.1) is 0 Å². The highest BCUT2D eigenvalue weighted by atomic mass is 79.9. The average Bonchev–Trinajstić information content (AvgIpc) is 2.43. The van der Waals surface area contributed by atoms with Crippen molar-refractivity contribution in [2.45, 2.75) is 13.3 Å². The molecule has 1 amide bonds. The molecule has 2 rings (SSSR count). The highest BCUT2D eigenvalue weighted by Gasteiger charge is 2.05. The predicted molar refractivity (Wildman–Crippen MR) is 82.6 cm³/mol. The maximum Gasteiger partial charge on any atom is 0.226 e. The van der Waals surface area contributed by atoms with Crippen molar-refractivity contribution in [1.82, 2.24) is 10.2 Å². The van der Waals surface area contributed by atoms with Crippen molar-refractivity contribution >= 4 is 33.3 Å². The van der Waals surface area contributed by atoms with Crippen LogP contribution in [0.15, 0.2) is 41.0 Å². The molecular formula is C14H15BrN4O. The molecule has 2 aromatic rings. The van der Waals surface area contributed by atoms with Crippen LogP contribution in [0.5, 0.6) is 0 Å². The van der Waals surface area contributed by atoms with E-state index >= 15 is 0 Å². The first-order chi connectivity index (χ1) is 9.65. The van der Waals surface area contributed by atoms with E-state index < -0.39 is 0 Å². The van der Waals surface area contributed by atoms with Crippen molar-refractivity contribution < 1.29 is 4.79 Å². The van der Waals surface area contributed by atoms with E-state index in [1.165, 1.54) is 0 Å². The molecule has 0 radical (unpaired) electrons. The zero-order valence-corrected chi connectivity index (χ0v) is 12.6. The summed E-state index contributed by atoms with van der Waals surface area (Å²) in [5.41, 5.74) is 1.85. The van der Waals surface area contributed by atoms with E-state index in [0.29, 0.717) is 18.8 Å². The first-order valence-corrected chi connectivity index (χ1v) is 7.02. The lowest BCUT2D eigenvalue weighted by atomic mass is 10.2. The standard InChI is InChI=1S/C14H15BrN4O/c1-10-9-11(15)4-5-12(10)18-14(20)6-8-16-13-3-2-7-17-19-13/h2-5,7,9H,6,8H2,1H3,(H,16,19)(H,18,20). The number of rotatable bonds is 5. The molecule has 0 fully saturated rings. The van der Waals surface area contributed by atoms with Gasteiger partial charge in [-0.1, -0.05) is 15.9 Å². The Labute approximate surface area is 125 Å². The number of nitrogens with one attached hydrogen (secondary N) is 2. The van der Waals surface area contributed by atoms with Crippen LogP contribution in [0.2, 0.25) is 0 Å². The van der Waals surface area contributed by atoms with Gasteiger partial charge in [0.1, 0.15) is 5.82 Å². The smallest absolute Gasteiger partial charge is 0.226 e. The molecule has 20 heavy (non-hydrogen) atoms. The van der Waals surface area contributed by atoms with Crippen molar-refractivity contribution in [1.29, 1.82) is 0 Å². The van der Waals surface area contributed by atoms with Gasteiger partial charge in [0.15, 0.2) is 0 Å². The fourth-order valence-electron chi connectivity index (χ4n) is 1.68. The lowest BCUT2D eigenvalue weighted by Gasteiger charge is -2.09. The molecule has 0 unspecified atom stereocenters. The molecule has 1 aromatic heterocycles. The van der Waals surface area contributed by atoms with E-state index in [0.717, 1.165) is 15.7 Å². The number of aryl methyl sites for hydroxylation is 1. The summed E-state index contributed by atoms with van der Waals surface area (Å²) in [6, 6.07) is 9.35. The monoisotopic (exact) mass is 334 g/mol. The third-order valence-corrected chi connectivity index (χ3v) is 3.19. The summed E-state index contributed by atoms with van der Waals surface area (Å²) >= 11 is 3.39. The van der Waals surface area contributed by atoms with Gasteiger partial charge in [0, 0.05) is 29.3 Å². The Morgan fingerprint density at radius 2 is 2.20 bits per heavy atom. The van der Waals surface area contributed by atoms with Crippen LogP contribution in [0.3, 0.4) is 0 Å². The Morgan fingerprint density at radius 1 is 1.35 bits per heavy atom. The minimum absolute atomic E-state index is 0.0354. The van der Waals surface area contributed by atoms with Crippen LogP contribution in [-0.2, 0) is 4.79 Å². The summed E-state index contributed by atoms with van der Waals surface area (Å²) in [5.74, 6) is 0.631. The largest absolute Gasteiger partial charge is 0.368 e. The number of halogens is 1. The van der Waals surface area contributed by atoms with Gasteiger partial charge < -0.3 is 10.6 Å². The van der Waals surface area contributed by atoms with Crippen LogP contribution in [0, 0.1) is 6.92 Å². The number of aromatic nitrogens is 2. The average molecular weight is 335 g/mol. The van der Waals surface area contributed by atoms with E-state index in [1.807, 2.05) is 31.2 Å². The number of nitrogens with zero attached hydrogens (tertiary/aromatic N) is 2. The second-order valence-corrected chi connectivity index (χ2v) is 5.21. The van der Waals surface area contributed by atoms with Crippen molar-refractivity contribution in [3.05, 3.63) is 46.6 Å². The Morgan fingerprint density at radius 3 is 2.90 bits per heavy atom. The minimum Gasteiger partial charge on any atom is -0.368 e. The highest BCUT2D eigenvalue weighted by Crippen LogP contribution is 2.20. The number of anilines is 2. The second kappa shape index (κ2) is 7.00. The summed E-state index contributed by atoms with van der Waals surface area (Å²) in [6.45, 7) is 2.47. The SMILES string of the molecule is Cc1cc(Br)ccc1NC(=O)CCNc1cccnn1. The number of hydrogen-bond donors (Lipinski definition) is 2. The molecule has 2 N–H and O–H groups in total. The van der Waals surface area contributed by atoms with Crippen LogP contribution in [0.4, 0.5) is 11.5 Å². The fraction of sp³-hybridized carbons (Fsp3) is 0.214. The van der Waals surface area contributed by atoms with E-state index in [2.05, 4.69) is 36.8 Å². The first-order valence-electron chi connectivity index (χ1n) is 6.23. The number of hydrogen-bond acceptors (Lipinski definition) is 4. The van der Waals surface area contributed by atoms with Gasteiger partial charge in [0.25, 0.3) is 0 Å². The summed E-state index contributed by atoms with van der Waals surface area (Å²) in [4.78, 5) is 11.8. The lowest BCUT2D eigenvalue weighted by Crippen LogP contribution is -2.17. The van der Waals surface area contributed by atoms with Crippen molar-refractivity contribution in [3.8, 4) is 0 Å². The summed E-state index contributed by atoms with van der Waals surface area (Å²) in [7, 11) is 0. The zero-order chi connectivity index (χ0) is 14.4. The Balaban J connectivity index is 1.81. The summed E-state index contributed by atoms with van der Waals surface area (Å²) in [6.07, 6.45) is 1.97. The van der Waals surface area contributed by atoms with Crippen LogP contribution < -0.4 is 10.6 Å². The summed E-state index contributed by atoms with van der Waals surface area (Å²) < 4.78 is 0.998. The van der Waals surface area contributed by atoms with Gasteiger partial charge in [-0.25, -0.2) is 0 Å². The molecule has 0 saturated heterocycles. The molecule has 0 aliphatic heterocycles. The molecule has 0 atom stereocenters. The topological polar surface area (TPSA) is 66.9 Å². The van der Waals surface area contributed by atoms with E-state index in [-0.39, 0.29) is 5.91 Å². The molecule has 0 bridgehead atoms.